The van der Waals surface area contributed by atoms with Gasteiger partial charge in [0.05, 0.1) is 15.1 Å². The fraction of sp³-hybridized carbons (Fsp3) is 0.467. The number of nitro benzene ring substituents is 1. The van der Waals surface area contributed by atoms with Crippen LogP contribution in [0.25, 0.3) is 10.2 Å². The number of rotatable bonds is 5. The Morgan fingerprint density at radius 3 is 3.00 bits per heavy atom. The van der Waals surface area contributed by atoms with E-state index < -0.39 is 11.0 Å². The fourth-order valence-corrected chi connectivity index (χ4v) is 4.03. The van der Waals surface area contributed by atoms with Crippen molar-refractivity contribution in [3.8, 4) is 0 Å². The summed E-state index contributed by atoms with van der Waals surface area (Å²) < 4.78 is 0.788. The Morgan fingerprint density at radius 1 is 1.58 bits per heavy atom. The molecule has 0 aliphatic carbocycles. The van der Waals surface area contributed by atoms with E-state index in [9.17, 15) is 14.9 Å². The van der Waals surface area contributed by atoms with E-state index in [0.29, 0.717) is 13.1 Å². The van der Waals surface area contributed by atoms with Crippen molar-refractivity contribution in [2.45, 2.75) is 13.3 Å². The zero-order valence-electron chi connectivity index (χ0n) is 13.2. The monoisotopic (exact) mass is 350 g/mol. The summed E-state index contributed by atoms with van der Waals surface area (Å²) in [4.78, 5) is 29.6. The molecular formula is C15H18N4O4S. The van der Waals surface area contributed by atoms with Crippen LogP contribution in [-0.4, -0.2) is 52.2 Å². The summed E-state index contributed by atoms with van der Waals surface area (Å²) >= 11 is 1.43. The lowest BCUT2D eigenvalue weighted by Gasteiger charge is -2.23. The van der Waals surface area contributed by atoms with E-state index in [0.717, 1.165) is 34.9 Å². The van der Waals surface area contributed by atoms with Crippen LogP contribution in [-0.2, 0) is 0 Å². The lowest BCUT2D eigenvalue weighted by Crippen LogP contribution is -2.32. The van der Waals surface area contributed by atoms with Crippen LogP contribution >= 0.6 is 11.3 Å². The molecule has 1 aliphatic rings. The summed E-state index contributed by atoms with van der Waals surface area (Å²) in [5.74, 6) is 0.280. The van der Waals surface area contributed by atoms with Gasteiger partial charge in [-0.05, 0) is 25.3 Å². The topological polar surface area (TPSA) is 99.8 Å². The van der Waals surface area contributed by atoms with Crippen LogP contribution in [0.2, 0.25) is 0 Å². The van der Waals surface area contributed by atoms with Crippen LogP contribution in [0.15, 0.2) is 18.2 Å². The number of thiazole rings is 1. The quantitative estimate of drug-likeness (QED) is 0.657. The van der Waals surface area contributed by atoms with Gasteiger partial charge in [-0.3, -0.25) is 10.1 Å². The number of hydrogen-bond acceptors (Lipinski definition) is 6. The summed E-state index contributed by atoms with van der Waals surface area (Å²) in [6.07, 6.45) is -0.0213. The molecule has 128 valence electrons. The van der Waals surface area contributed by atoms with Crippen LogP contribution in [0.4, 0.5) is 15.6 Å². The van der Waals surface area contributed by atoms with Gasteiger partial charge < -0.3 is 14.9 Å². The highest BCUT2D eigenvalue weighted by molar-refractivity contribution is 7.22. The molecule has 3 rings (SSSR count). The number of aromatic nitrogens is 1. The smallest absolute Gasteiger partial charge is 0.407 e. The molecule has 9 heteroatoms. The minimum absolute atomic E-state index is 0.0636. The maximum absolute atomic E-state index is 11.0. The molecule has 0 radical (unpaired) electrons. The highest BCUT2D eigenvalue weighted by Crippen LogP contribution is 2.32. The van der Waals surface area contributed by atoms with Crippen LogP contribution < -0.4 is 4.90 Å². The molecule has 1 amide bonds. The first-order valence-electron chi connectivity index (χ1n) is 7.75. The van der Waals surface area contributed by atoms with Gasteiger partial charge in [-0.15, -0.1) is 0 Å². The van der Waals surface area contributed by atoms with E-state index >= 15 is 0 Å². The first-order chi connectivity index (χ1) is 11.5. The standard InChI is InChI=1S/C15H18N4O4S/c1-2-17(8-10-5-6-18(9-10)15(20)21)14-16-12-4-3-11(19(22)23)7-13(12)24-14/h3-4,7,10H,2,5-6,8-9H2,1H3,(H,20,21). The zero-order valence-corrected chi connectivity index (χ0v) is 14.0. The van der Waals surface area contributed by atoms with Gasteiger partial charge >= 0.3 is 6.09 Å². The molecule has 0 spiro atoms. The van der Waals surface area contributed by atoms with Gasteiger partial charge in [0.25, 0.3) is 5.69 Å². The number of likely N-dealkylation sites (tertiary alicyclic amines) is 1. The summed E-state index contributed by atoms with van der Waals surface area (Å²) in [6, 6.07) is 4.68. The van der Waals surface area contributed by atoms with Crippen molar-refractivity contribution < 1.29 is 14.8 Å². The summed E-state index contributed by atoms with van der Waals surface area (Å²) in [7, 11) is 0. The molecule has 1 unspecified atom stereocenters. The number of hydrogen-bond donors (Lipinski definition) is 1. The van der Waals surface area contributed by atoms with Crippen LogP contribution in [0.5, 0.6) is 0 Å². The SMILES string of the molecule is CCN(CC1CCN(C(=O)O)C1)c1nc2ccc([N+](=O)[O-])cc2s1. The average molecular weight is 350 g/mol. The predicted molar refractivity (Wildman–Crippen MR) is 91.9 cm³/mol. The summed E-state index contributed by atoms with van der Waals surface area (Å²) in [5.41, 5.74) is 0.811. The minimum Gasteiger partial charge on any atom is -0.465 e. The van der Waals surface area contributed by atoms with E-state index in [4.69, 9.17) is 5.11 Å². The van der Waals surface area contributed by atoms with E-state index in [2.05, 4.69) is 9.88 Å². The number of nitrogens with zero attached hydrogens (tertiary/aromatic N) is 4. The van der Waals surface area contributed by atoms with Gasteiger partial charge in [0, 0.05) is 38.3 Å². The van der Waals surface area contributed by atoms with Crippen molar-refractivity contribution in [2.24, 2.45) is 5.92 Å². The van der Waals surface area contributed by atoms with Crippen LogP contribution in [0.3, 0.4) is 0 Å². The number of amides is 1. The lowest BCUT2D eigenvalue weighted by molar-refractivity contribution is -0.384. The highest BCUT2D eigenvalue weighted by atomic mass is 32.1. The Hall–Kier alpha value is -2.42. The molecule has 1 aromatic heterocycles. The number of carboxylic acid groups (broad SMARTS) is 1. The van der Waals surface area contributed by atoms with E-state index in [1.54, 1.807) is 12.1 Å². The maximum atomic E-state index is 11.0. The second kappa shape index (κ2) is 6.60. The van der Waals surface area contributed by atoms with E-state index in [-0.39, 0.29) is 11.6 Å². The van der Waals surface area contributed by atoms with Crippen molar-refractivity contribution in [1.82, 2.24) is 9.88 Å². The van der Waals surface area contributed by atoms with Crippen molar-refractivity contribution in [3.05, 3.63) is 28.3 Å². The molecule has 8 nitrogen and oxygen atoms in total. The summed E-state index contributed by atoms with van der Waals surface area (Å²) in [6.45, 7) is 4.64. The molecule has 1 N–H and O–H groups in total. The Morgan fingerprint density at radius 2 is 2.38 bits per heavy atom. The molecule has 24 heavy (non-hydrogen) atoms. The number of nitro groups is 1. The molecule has 1 aliphatic heterocycles. The number of fused-ring (bicyclic) bond motifs is 1. The Kier molecular flexibility index (Phi) is 4.52. The number of carbonyl (C=O) groups is 1. The van der Waals surface area contributed by atoms with Crippen molar-refractivity contribution in [1.29, 1.82) is 0 Å². The van der Waals surface area contributed by atoms with Gasteiger partial charge in [0.15, 0.2) is 5.13 Å². The molecular weight excluding hydrogens is 332 g/mol. The zero-order chi connectivity index (χ0) is 17.3. The van der Waals surface area contributed by atoms with E-state index in [1.807, 2.05) is 6.92 Å². The molecule has 1 atom stereocenters. The molecule has 0 bridgehead atoms. The molecule has 1 saturated heterocycles. The third kappa shape index (κ3) is 3.25. The van der Waals surface area contributed by atoms with Gasteiger partial charge in [0.2, 0.25) is 0 Å². The average Bonchev–Trinajstić information content (AvgIpc) is 3.18. The lowest BCUT2D eigenvalue weighted by atomic mass is 10.1. The first kappa shape index (κ1) is 16.4. The Balaban J connectivity index is 1.77. The van der Waals surface area contributed by atoms with Crippen LogP contribution in [0, 0.1) is 16.0 Å². The number of non-ortho nitro benzene ring substituents is 1. The molecule has 2 heterocycles. The maximum Gasteiger partial charge on any atom is 0.407 e. The molecule has 1 fully saturated rings. The fourth-order valence-electron chi connectivity index (χ4n) is 2.96. The first-order valence-corrected chi connectivity index (χ1v) is 8.57. The van der Waals surface area contributed by atoms with Crippen molar-refractivity contribution in [3.63, 3.8) is 0 Å². The molecule has 1 aromatic carbocycles. The molecule has 0 saturated carbocycles. The van der Waals surface area contributed by atoms with Crippen LogP contribution in [0.1, 0.15) is 13.3 Å². The third-order valence-electron chi connectivity index (χ3n) is 4.26. The van der Waals surface area contributed by atoms with Gasteiger partial charge in [-0.25, -0.2) is 9.78 Å². The number of benzene rings is 1. The second-order valence-electron chi connectivity index (χ2n) is 5.83. The van der Waals surface area contributed by atoms with Gasteiger partial charge in [0.1, 0.15) is 0 Å². The van der Waals surface area contributed by atoms with Gasteiger partial charge in [-0.1, -0.05) is 11.3 Å². The molecule has 2 aromatic rings. The second-order valence-corrected chi connectivity index (χ2v) is 6.84. The predicted octanol–water partition coefficient (Wildman–Crippen LogP) is 3.03. The Labute approximate surface area is 142 Å². The number of anilines is 1. The van der Waals surface area contributed by atoms with E-state index in [1.165, 1.54) is 22.3 Å². The minimum atomic E-state index is -0.868. The summed E-state index contributed by atoms with van der Waals surface area (Å²) in [5, 5.41) is 20.8. The van der Waals surface area contributed by atoms with Crippen molar-refractivity contribution >= 4 is 38.5 Å². The normalized spacial score (nSPS) is 17.4. The Bertz CT molecular complexity index is 778. The highest BCUT2D eigenvalue weighted by Gasteiger charge is 2.28. The third-order valence-corrected chi connectivity index (χ3v) is 5.34. The van der Waals surface area contributed by atoms with Gasteiger partial charge in [-0.2, -0.15) is 0 Å². The largest absolute Gasteiger partial charge is 0.465 e. The van der Waals surface area contributed by atoms with Crippen molar-refractivity contribution in [2.75, 3.05) is 31.1 Å².